The summed E-state index contributed by atoms with van der Waals surface area (Å²) in [6.45, 7) is 8.66. The minimum Gasteiger partial charge on any atom is -0.370 e. The van der Waals surface area contributed by atoms with Crippen LogP contribution in [0.2, 0.25) is 0 Å². The summed E-state index contributed by atoms with van der Waals surface area (Å²) in [6, 6.07) is -0.208. The first kappa shape index (κ1) is 13.1. The number of nitrogens with zero attached hydrogens (tertiary/aromatic N) is 2. The molecule has 0 aromatic carbocycles. The van der Waals surface area contributed by atoms with Gasteiger partial charge in [0.1, 0.15) is 6.10 Å². The van der Waals surface area contributed by atoms with Crippen LogP contribution >= 0.6 is 0 Å². The molecule has 0 radical (unpaired) electrons. The highest BCUT2D eigenvalue weighted by molar-refractivity contribution is 4.95. The number of rotatable bonds is 6. The molecule has 1 aromatic heterocycles. The first-order valence-corrected chi connectivity index (χ1v) is 5.80. The van der Waals surface area contributed by atoms with Crippen LogP contribution in [0.3, 0.4) is 0 Å². The molecule has 0 aliphatic rings. The van der Waals surface area contributed by atoms with Gasteiger partial charge >= 0.3 is 0 Å². The maximum atomic E-state index is 5.93. The molecule has 0 fully saturated rings. The largest absolute Gasteiger partial charge is 0.370 e. The van der Waals surface area contributed by atoms with Gasteiger partial charge in [0.15, 0.2) is 0 Å². The second-order valence-corrected chi connectivity index (χ2v) is 4.11. The summed E-state index contributed by atoms with van der Waals surface area (Å²) >= 11 is 0. The summed E-state index contributed by atoms with van der Waals surface area (Å²) in [5.41, 5.74) is 5.93. The van der Waals surface area contributed by atoms with Crippen LogP contribution in [-0.2, 0) is 4.74 Å². The van der Waals surface area contributed by atoms with Gasteiger partial charge in [-0.3, -0.25) is 0 Å². The Labute approximate surface area is 96.4 Å². The average molecular weight is 227 g/mol. The van der Waals surface area contributed by atoms with E-state index in [-0.39, 0.29) is 18.1 Å². The smallest absolute Gasteiger partial charge is 0.243 e. The van der Waals surface area contributed by atoms with Crippen molar-refractivity contribution < 1.29 is 9.26 Å². The van der Waals surface area contributed by atoms with E-state index in [4.69, 9.17) is 15.0 Å². The average Bonchev–Trinajstić information content (AvgIpc) is 2.73. The van der Waals surface area contributed by atoms with E-state index >= 15 is 0 Å². The molecule has 0 bridgehead atoms. The Morgan fingerprint density at radius 2 is 2.06 bits per heavy atom. The summed E-state index contributed by atoms with van der Waals surface area (Å²) in [5.74, 6) is 1.36. The van der Waals surface area contributed by atoms with Crippen LogP contribution in [0.1, 0.15) is 58.0 Å². The fourth-order valence-electron chi connectivity index (χ4n) is 1.37. The molecule has 1 rings (SSSR count). The maximum absolute atomic E-state index is 5.93. The van der Waals surface area contributed by atoms with Gasteiger partial charge in [-0.2, -0.15) is 4.98 Å². The zero-order chi connectivity index (χ0) is 12.1. The van der Waals surface area contributed by atoms with E-state index in [9.17, 15) is 0 Å². The first-order valence-electron chi connectivity index (χ1n) is 5.80. The third kappa shape index (κ3) is 3.02. The molecular weight excluding hydrogens is 206 g/mol. The predicted molar refractivity (Wildman–Crippen MR) is 60.7 cm³/mol. The lowest BCUT2D eigenvalue weighted by molar-refractivity contribution is 0.0518. The fourth-order valence-corrected chi connectivity index (χ4v) is 1.37. The van der Waals surface area contributed by atoms with Crippen LogP contribution in [0, 0.1) is 5.92 Å². The molecule has 2 atom stereocenters. The standard InChI is InChI=1S/C11H21N3O2/c1-5-8(15-6-2)10-13-11(16-14-10)9(12)7(3)4/h7-9H,5-6,12H2,1-4H3. The van der Waals surface area contributed by atoms with Crippen LogP contribution in [0.25, 0.3) is 0 Å². The second-order valence-electron chi connectivity index (χ2n) is 4.11. The Balaban J connectivity index is 2.76. The topological polar surface area (TPSA) is 74.2 Å². The summed E-state index contributed by atoms with van der Waals surface area (Å²) in [5, 5.41) is 3.92. The van der Waals surface area contributed by atoms with Gasteiger partial charge in [0.25, 0.3) is 0 Å². The number of aromatic nitrogens is 2. The monoisotopic (exact) mass is 227 g/mol. The van der Waals surface area contributed by atoms with Crippen molar-refractivity contribution in [3.8, 4) is 0 Å². The zero-order valence-corrected chi connectivity index (χ0v) is 10.4. The van der Waals surface area contributed by atoms with Crippen molar-refractivity contribution in [2.24, 2.45) is 11.7 Å². The van der Waals surface area contributed by atoms with Crippen LogP contribution in [0.5, 0.6) is 0 Å². The van der Waals surface area contributed by atoms with E-state index < -0.39 is 0 Å². The predicted octanol–water partition coefficient (Wildman–Crippen LogP) is 2.21. The second kappa shape index (κ2) is 5.96. The Morgan fingerprint density at radius 1 is 1.38 bits per heavy atom. The molecule has 0 spiro atoms. The highest BCUT2D eigenvalue weighted by Gasteiger charge is 2.21. The van der Waals surface area contributed by atoms with Gasteiger partial charge in [0.2, 0.25) is 11.7 Å². The highest BCUT2D eigenvalue weighted by atomic mass is 16.5. The van der Waals surface area contributed by atoms with E-state index in [1.807, 2.05) is 27.7 Å². The summed E-state index contributed by atoms with van der Waals surface area (Å²) in [6.07, 6.45) is 0.728. The Kier molecular flexibility index (Phi) is 4.89. The van der Waals surface area contributed by atoms with Gasteiger partial charge in [-0.05, 0) is 19.3 Å². The molecule has 2 unspecified atom stereocenters. The van der Waals surface area contributed by atoms with Crippen molar-refractivity contribution in [2.45, 2.75) is 46.3 Å². The van der Waals surface area contributed by atoms with E-state index in [1.165, 1.54) is 0 Å². The van der Waals surface area contributed by atoms with Crippen LogP contribution in [-0.4, -0.2) is 16.7 Å². The highest BCUT2D eigenvalue weighted by Crippen LogP contribution is 2.22. The third-order valence-electron chi connectivity index (χ3n) is 2.49. The van der Waals surface area contributed by atoms with Crippen molar-refractivity contribution in [1.82, 2.24) is 10.1 Å². The maximum Gasteiger partial charge on any atom is 0.243 e. The van der Waals surface area contributed by atoms with E-state index in [1.54, 1.807) is 0 Å². The molecule has 0 saturated heterocycles. The zero-order valence-electron chi connectivity index (χ0n) is 10.4. The van der Waals surface area contributed by atoms with Crippen molar-refractivity contribution in [2.75, 3.05) is 6.61 Å². The third-order valence-corrected chi connectivity index (χ3v) is 2.49. The summed E-state index contributed by atoms with van der Waals surface area (Å²) in [4.78, 5) is 4.29. The Morgan fingerprint density at radius 3 is 2.56 bits per heavy atom. The number of hydrogen-bond donors (Lipinski definition) is 1. The SMILES string of the molecule is CCOC(CC)c1noc(C(N)C(C)C)n1. The molecule has 92 valence electrons. The minimum atomic E-state index is -0.208. The molecule has 0 saturated carbocycles. The van der Waals surface area contributed by atoms with E-state index in [0.717, 1.165) is 6.42 Å². The van der Waals surface area contributed by atoms with E-state index in [0.29, 0.717) is 18.3 Å². The summed E-state index contributed by atoms with van der Waals surface area (Å²) in [7, 11) is 0. The van der Waals surface area contributed by atoms with Crippen molar-refractivity contribution in [3.05, 3.63) is 11.7 Å². The summed E-state index contributed by atoms with van der Waals surface area (Å²) < 4.78 is 10.7. The van der Waals surface area contributed by atoms with Crippen LogP contribution in [0.15, 0.2) is 4.52 Å². The van der Waals surface area contributed by atoms with Crippen molar-refractivity contribution in [3.63, 3.8) is 0 Å². The lowest BCUT2D eigenvalue weighted by atomic mass is 10.1. The van der Waals surface area contributed by atoms with Gasteiger partial charge in [0.05, 0.1) is 6.04 Å². The molecule has 0 aliphatic carbocycles. The number of ether oxygens (including phenoxy) is 1. The number of nitrogens with two attached hydrogens (primary N) is 1. The molecule has 16 heavy (non-hydrogen) atoms. The van der Waals surface area contributed by atoms with Crippen molar-refractivity contribution in [1.29, 1.82) is 0 Å². The lowest BCUT2D eigenvalue weighted by Gasteiger charge is -2.10. The van der Waals surface area contributed by atoms with Crippen LogP contribution < -0.4 is 5.73 Å². The normalized spacial score (nSPS) is 15.4. The van der Waals surface area contributed by atoms with Gasteiger partial charge in [-0.1, -0.05) is 25.9 Å². The minimum absolute atomic E-state index is 0.0955. The van der Waals surface area contributed by atoms with Gasteiger partial charge < -0.3 is 15.0 Å². The van der Waals surface area contributed by atoms with Crippen molar-refractivity contribution >= 4 is 0 Å². The molecule has 5 nitrogen and oxygen atoms in total. The molecule has 1 heterocycles. The van der Waals surface area contributed by atoms with Gasteiger partial charge in [0, 0.05) is 6.61 Å². The first-order chi connectivity index (χ1) is 7.60. The molecule has 1 aromatic rings. The molecule has 0 amide bonds. The molecular formula is C11H21N3O2. The Hall–Kier alpha value is -0.940. The quantitative estimate of drug-likeness (QED) is 0.806. The van der Waals surface area contributed by atoms with Gasteiger partial charge in [-0.15, -0.1) is 0 Å². The van der Waals surface area contributed by atoms with E-state index in [2.05, 4.69) is 10.1 Å². The number of hydrogen-bond acceptors (Lipinski definition) is 5. The van der Waals surface area contributed by atoms with Gasteiger partial charge in [-0.25, -0.2) is 0 Å². The molecule has 5 heteroatoms. The molecule has 0 aliphatic heterocycles. The molecule has 2 N–H and O–H groups in total. The van der Waals surface area contributed by atoms with Crippen LogP contribution in [0.4, 0.5) is 0 Å². The Bertz CT molecular complexity index is 312. The fraction of sp³-hybridized carbons (Fsp3) is 0.818. The lowest BCUT2D eigenvalue weighted by Crippen LogP contribution is -2.17.